The van der Waals surface area contributed by atoms with Crippen molar-refractivity contribution >= 4 is 15.8 Å². The van der Waals surface area contributed by atoms with Gasteiger partial charge in [0.25, 0.3) is 0 Å². The topological polar surface area (TPSA) is 115 Å². The number of unbranched alkanes of at least 4 members (excludes halogenated alkanes) is 1. The molecule has 0 bridgehead atoms. The van der Waals surface area contributed by atoms with Crippen molar-refractivity contribution in [3.63, 3.8) is 0 Å². The predicted octanol–water partition coefficient (Wildman–Crippen LogP) is 1.90. The molecule has 0 saturated carbocycles. The van der Waals surface area contributed by atoms with Crippen LogP contribution in [0.1, 0.15) is 26.7 Å². The van der Waals surface area contributed by atoms with Crippen molar-refractivity contribution in [1.29, 1.82) is 0 Å². The third-order valence-corrected chi connectivity index (χ3v) is 0.500. The molecule has 90 valence electrons. The van der Waals surface area contributed by atoms with Gasteiger partial charge in [-0.3, -0.25) is 19.6 Å². The molecule has 0 radical (unpaired) electrons. The maximum atomic E-state index is 10.4. The van der Waals surface area contributed by atoms with E-state index in [0.29, 0.717) is 0 Å². The summed E-state index contributed by atoms with van der Waals surface area (Å²) in [6.45, 7) is 4.36. The van der Waals surface area contributed by atoms with Crippen LogP contribution in [0.25, 0.3) is 0 Å². The summed E-state index contributed by atoms with van der Waals surface area (Å²) in [7, 11) is -10.3. The van der Waals surface area contributed by atoms with Crippen LogP contribution in [-0.4, -0.2) is 19.6 Å². The standard InChI is InChI=1S/C4H10.2FH2O3P/c1-3-4-2;2*1-5(2,3)4/h3-4H2,1-2H3;2*(H2,2,3,4). The third kappa shape index (κ3) is 1130. The van der Waals surface area contributed by atoms with Gasteiger partial charge in [0.2, 0.25) is 0 Å². The lowest BCUT2D eigenvalue weighted by Gasteiger charge is -1.78. The van der Waals surface area contributed by atoms with E-state index in [2.05, 4.69) is 13.8 Å². The van der Waals surface area contributed by atoms with Gasteiger partial charge in [-0.05, 0) is 0 Å². The van der Waals surface area contributed by atoms with Crippen LogP contribution in [0.2, 0.25) is 0 Å². The van der Waals surface area contributed by atoms with Crippen LogP contribution in [0.3, 0.4) is 0 Å². The molecule has 0 unspecified atom stereocenters. The second-order valence-electron chi connectivity index (χ2n) is 1.95. The summed E-state index contributed by atoms with van der Waals surface area (Å²) < 4.78 is 38.0. The van der Waals surface area contributed by atoms with E-state index in [0.717, 1.165) is 0 Å². The highest BCUT2D eigenvalue weighted by Crippen LogP contribution is 2.35. The predicted molar refractivity (Wildman–Crippen MR) is 46.9 cm³/mol. The largest absolute Gasteiger partial charge is 0.507 e. The third-order valence-electron chi connectivity index (χ3n) is 0.500. The molecule has 6 nitrogen and oxygen atoms in total. The van der Waals surface area contributed by atoms with Crippen molar-refractivity contribution in [2.75, 3.05) is 0 Å². The van der Waals surface area contributed by atoms with Crippen LogP contribution in [0.15, 0.2) is 0 Å². The summed E-state index contributed by atoms with van der Waals surface area (Å²) >= 11 is 0. The molecule has 0 aromatic heterocycles. The molecule has 0 aromatic carbocycles. The first-order chi connectivity index (χ1) is 5.91. The molecule has 14 heavy (non-hydrogen) atoms. The monoisotopic (exact) mass is 258 g/mol. The van der Waals surface area contributed by atoms with E-state index in [-0.39, 0.29) is 0 Å². The van der Waals surface area contributed by atoms with Gasteiger partial charge >= 0.3 is 15.8 Å². The lowest BCUT2D eigenvalue weighted by atomic mass is 10.4. The molecule has 0 aromatic rings. The van der Waals surface area contributed by atoms with Crippen LogP contribution in [0, 0.1) is 0 Å². The van der Waals surface area contributed by atoms with Crippen molar-refractivity contribution in [3.8, 4) is 0 Å². The zero-order valence-corrected chi connectivity index (χ0v) is 9.46. The molecule has 0 fully saturated rings. The fourth-order valence-corrected chi connectivity index (χ4v) is 0. The summed E-state index contributed by atoms with van der Waals surface area (Å²) in [6, 6.07) is 0. The first-order valence-electron chi connectivity index (χ1n) is 3.42. The Labute approximate surface area is 80.5 Å². The average molecular weight is 258 g/mol. The minimum atomic E-state index is -5.14. The quantitative estimate of drug-likeness (QED) is 0.534. The van der Waals surface area contributed by atoms with Gasteiger partial charge in [-0.25, -0.2) is 9.13 Å². The first-order valence-corrected chi connectivity index (χ1v) is 6.42. The SMILES string of the molecule is CCCC.O=P(O)(O)F.O=P(O)(O)F. The van der Waals surface area contributed by atoms with Crippen molar-refractivity contribution in [2.24, 2.45) is 0 Å². The van der Waals surface area contributed by atoms with Gasteiger partial charge in [0.1, 0.15) is 0 Å². The van der Waals surface area contributed by atoms with E-state index in [1.807, 2.05) is 0 Å². The number of hydrogen-bond donors (Lipinski definition) is 4. The van der Waals surface area contributed by atoms with Gasteiger partial charge in [-0.15, -0.1) is 8.39 Å². The van der Waals surface area contributed by atoms with Gasteiger partial charge in [0, 0.05) is 0 Å². The molecule has 0 amide bonds. The molecule has 0 aliphatic rings. The van der Waals surface area contributed by atoms with E-state index in [1.165, 1.54) is 12.8 Å². The Morgan fingerprint density at radius 2 is 0.929 bits per heavy atom. The molecule has 0 heterocycles. The highest BCUT2D eigenvalue weighted by atomic mass is 31.2. The smallest absolute Gasteiger partial charge is 0.299 e. The van der Waals surface area contributed by atoms with Gasteiger partial charge in [-0.1, -0.05) is 26.7 Å². The molecule has 4 N–H and O–H groups in total. The molecule has 0 aliphatic carbocycles. The lowest BCUT2D eigenvalue weighted by molar-refractivity contribution is 0.320. The Hall–Kier alpha value is 0.160. The highest BCUT2D eigenvalue weighted by molar-refractivity contribution is 7.46. The summed E-state index contributed by atoms with van der Waals surface area (Å²) in [6.07, 6.45) is 2.64. The molecule has 0 atom stereocenters. The maximum absolute atomic E-state index is 10.4. The average Bonchev–Trinajstić information content (AvgIpc) is 1.79. The minimum absolute atomic E-state index is 1.32. The molecular weight excluding hydrogens is 244 g/mol. The second kappa shape index (κ2) is 9.71. The molecule has 0 aliphatic heterocycles. The molecular formula is C4H14F2O6P2. The normalized spacial score (nSPS) is 10.6. The van der Waals surface area contributed by atoms with Crippen molar-refractivity contribution in [1.82, 2.24) is 0 Å². The Bertz CT molecular complexity index is 159. The van der Waals surface area contributed by atoms with E-state index in [1.54, 1.807) is 0 Å². The van der Waals surface area contributed by atoms with Gasteiger partial charge in [0.15, 0.2) is 0 Å². The highest BCUT2D eigenvalue weighted by Gasteiger charge is 2.05. The molecule has 0 rings (SSSR count). The summed E-state index contributed by atoms with van der Waals surface area (Å²) in [5, 5.41) is 0. The van der Waals surface area contributed by atoms with Gasteiger partial charge < -0.3 is 0 Å². The lowest BCUT2D eigenvalue weighted by Crippen LogP contribution is -1.56. The van der Waals surface area contributed by atoms with Gasteiger partial charge in [0.05, 0.1) is 0 Å². The Morgan fingerprint density at radius 3 is 0.929 bits per heavy atom. The van der Waals surface area contributed by atoms with Crippen LogP contribution < -0.4 is 0 Å². The molecule has 0 saturated heterocycles. The maximum Gasteiger partial charge on any atom is 0.507 e. The summed E-state index contributed by atoms with van der Waals surface area (Å²) in [5.41, 5.74) is 0. The van der Waals surface area contributed by atoms with E-state index in [4.69, 9.17) is 28.7 Å². The van der Waals surface area contributed by atoms with Crippen molar-refractivity contribution in [3.05, 3.63) is 0 Å². The minimum Gasteiger partial charge on any atom is -0.299 e. The number of hydrogen-bond acceptors (Lipinski definition) is 2. The molecule has 10 heteroatoms. The van der Waals surface area contributed by atoms with Crippen LogP contribution >= 0.6 is 15.8 Å². The van der Waals surface area contributed by atoms with Crippen molar-refractivity contribution in [2.45, 2.75) is 26.7 Å². The van der Waals surface area contributed by atoms with Crippen molar-refractivity contribution < 1.29 is 37.1 Å². The summed E-state index contributed by atoms with van der Waals surface area (Å²) in [5.74, 6) is 0. The van der Waals surface area contributed by atoms with Crippen LogP contribution in [0.4, 0.5) is 8.39 Å². The van der Waals surface area contributed by atoms with E-state index in [9.17, 15) is 8.39 Å². The number of halogens is 2. The Morgan fingerprint density at radius 1 is 0.857 bits per heavy atom. The first kappa shape index (κ1) is 19.7. The van der Waals surface area contributed by atoms with Gasteiger partial charge in [-0.2, -0.15) is 0 Å². The van der Waals surface area contributed by atoms with Crippen LogP contribution in [-0.2, 0) is 9.13 Å². The molecule has 0 spiro atoms. The fourth-order valence-electron chi connectivity index (χ4n) is 0. The summed E-state index contributed by atoms with van der Waals surface area (Å²) in [4.78, 5) is 27.9. The second-order valence-corrected chi connectivity index (χ2v) is 3.84. The Kier molecular flexibility index (Phi) is 13.6. The zero-order chi connectivity index (χ0) is 12.4. The number of rotatable bonds is 1. The Balaban J connectivity index is -0.000000131. The van der Waals surface area contributed by atoms with Crippen LogP contribution in [0.5, 0.6) is 0 Å². The van der Waals surface area contributed by atoms with E-state index < -0.39 is 15.8 Å². The zero-order valence-electron chi connectivity index (χ0n) is 7.67. The fraction of sp³-hybridized carbons (Fsp3) is 1.00. The van der Waals surface area contributed by atoms with E-state index >= 15 is 0 Å².